The minimum atomic E-state index is -0.635. The predicted octanol–water partition coefficient (Wildman–Crippen LogP) is 1.51. The molecule has 1 rings (SSSR count). The van der Waals surface area contributed by atoms with E-state index in [1.54, 1.807) is 7.11 Å². The van der Waals surface area contributed by atoms with Crippen LogP contribution in [0.25, 0.3) is 0 Å². The third-order valence-corrected chi connectivity index (χ3v) is 4.00. The highest BCUT2D eigenvalue weighted by molar-refractivity contribution is 7.80. The Morgan fingerprint density at radius 2 is 1.92 bits per heavy atom. The SMILES string of the molecule is CCCCC(NC(=O)CNC(=S)NCc1ccccc1OC)C(=O)OC. The molecule has 1 aromatic carbocycles. The Labute approximate surface area is 159 Å². The number of carbonyl (C=O) groups excluding carboxylic acids is 2. The van der Waals surface area contributed by atoms with Gasteiger partial charge in [-0.05, 0) is 24.7 Å². The summed E-state index contributed by atoms with van der Waals surface area (Å²) in [5.74, 6) is -0.000920. The summed E-state index contributed by atoms with van der Waals surface area (Å²) in [6.07, 6.45) is 2.30. The fourth-order valence-electron chi connectivity index (χ4n) is 2.29. The van der Waals surface area contributed by atoms with Crippen LogP contribution in [0.3, 0.4) is 0 Å². The summed E-state index contributed by atoms with van der Waals surface area (Å²) < 4.78 is 9.99. The van der Waals surface area contributed by atoms with Crippen LogP contribution >= 0.6 is 12.2 Å². The van der Waals surface area contributed by atoms with Crippen molar-refractivity contribution in [2.75, 3.05) is 20.8 Å². The van der Waals surface area contributed by atoms with Crippen molar-refractivity contribution in [2.24, 2.45) is 0 Å². The van der Waals surface area contributed by atoms with Crippen LogP contribution in [0.1, 0.15) is 31.7 Å². The van der Waals surface area contributed by atoms with Crippen molar-refractivity contribution in [3.8, 4) is 5.75 Å². The molecule has 0 saturated carbocycles. The van der Waals surface area contributed by atoms with E-state index in [0.29, 0.717) is 18.1 Å². The van der Waals surface area contributed by atoms with E-state index in [9.17, 15) is 9.59 Å². The van der Waals surface area contributed by atoms with Gasteiger partial charge in [0.15, 0.2) is 5.11 Å². The van der Waals surface area contributed by atoms with E-state index in [0.717, 1.165) is 24.2 Å². The molecular weight excluding hydrogens is 354 g/mol. The molecule has 0 aliphatic heterocycles. The highest BCUT2D eigenvalue weighted by Crippen LogP contribution is 2.16. The van der Waals surface area contributed by atoms with Crippen molar-refractivity contribution in [3.63, 3.8) is 0 Å². The van der Waals surface area contributed by atoms with Gasteiger partial charge in [-0.1, -0.05) is 38.0 Å². The largest absolute Gasteiger partial charge is 0.496 e. The van der Waals surface area contributed by atoms with Crippen LogP contribution in [-0.4, -0.2) is 43.8 Å². The summed E-state index contributed by atoms with van der Waals surface area (Å²) in [7, 11) is 2.92. The van der Waals surface area contributed by atoms with Crippen molar-refractivity contribution in [1.29, 1.82) is 0 Å². The number of unbranched alkanes of at least 4 members (excludes halogenated alkanes) is 1. The lowest BCUT2D eigenvalue weighted by atomic mass is 10.1. The predicted molar refractivity (Wildman–Crippen MR) is 104 cm³/mol. The zero-order valence-electron chi connectivity index (χ0n) is 15.5. The Hall–Kier alpha value is -2.35. The number of thiocarbonyl (C=S) groups is 1. The van der Waals surface area contributed by atoms with Gasteiger partial charge in [-0.25, -0.2) is 4.79 Å². The molecule has 1 aromatic rings. The number of rotatable bonds is 10. The quantitative estimate of drug-likeness (QED) is 0.418. The van der Waals surface area contributed by atoms with E-state index in [4.69, 9.17) is 21.7 Å². The molecule has 0 radical (unpaired) electrons. The molecule has 1 atom stereocenters. The molecule has 0 bridgehead atoms. The first-order chi connectivity index (χ1) is 12.5. The van der Waals surface area contributed by atoms with Gasteiger partial charge in [0.2, 0.25) is 5.91 Å². The first kappa shape index (κ1) is 21.7. The van der Waals surface area contributed by atoms with Crippen molar-refractivity contribution in [1.82, 2.24) is 16.0 Å². The molecule has 1 amide bonds. The van der Waals surface area contributed by atoms with E-state index in [1.165, 1.54) is 7.11 Å². The molecule has 0 aliphatic carbocycles. The number of ether oxygens (including phenoxy) is 2. The third kappa shape index (κ3) is 7.69. The Bertz CT molecular complexity index is 610. The van der Waals surface area contributed by atoms with Crippen LogP contribution in [0.2, 0.25) is 0 Å². The van der Waals surface area contributed by atoms with E-state index in [2.05, 4.69) is 16.0 Å². The molecule has 7 nitrogen and oxygen atoms in total. The molecule has 0 saturated heterocycles. The smallest absolute Gasteiger partial charge is 0.328 e. The van der Waals surface area contributed by atoms with E-state index < -0.39 is 12.0 Å². The third-order valence-electron chi connectivity index (χ3n) is 3.71. The molecule has 0 heterocycles. The van der Waals surface area contributed by atoms with Crippen molar-refractivity contribution < 1.29 is 19.1 Å². The van der Waals surface area contributed by atoms with Gasteiger partial charge < -0.3 is 25.4 Å². The summed E-state index contributed by atoms with van der Waals surface area (Å²) in [6, 6.07) is 6.95. The second-order valence-electron chi connectivity index (χ2n) is 5.63. The number of amides is 1. The lowest BCUT2D eigenvalue weighted by Gasteiger charge is -2.17. The Morgan fingerprint density at radius 3 is 2.58 bits per heavy atom. The zero-order valence-corrected chi connectivity index (χ0v) is 16.3. The fourth-order valence-corrected chi connectivity index (χ4v) is 2.44. The van der Waals surface area contributed by atoms with Crippen LogP contribution in [0.5, 0.6) is 5.75 Å². The number of hydrogen-bond donors (Lipinski definition) is 3. The highest BCUT2D eigenvalue weighted by Gasteiger charge is 2.20. The Balaban J connectivity index is 2.40. The Morgan fingerprint density at radius 1 is 1.19 bits per heavy atom. The molecule has 1 unspecified atom stereocenters. The maximum Gasteiger partial charge on any atom is 0.328 e. The van der Waals surface area contributed by atoms with Gasteiger partial charge in [0.25, 0.3) is 0 Å². The number of methoxy groups -OCH3 is 2. The lowest BCUT2D eigenvalue weighted by Crippen LogP contribution is -2.47. The van der Waals surface area contributed by atoms with Gasteiger partial charge in [0.05, 0.1) is 20.8 Å². The number of esters is 1. The monoisotopic (exact) mass is 381 g/mol. The number of nitrogens with one attached hydrogen (secondary N) is 3. The van der Waals surface area contributed by atoms with Crippen LogP contribution in [0.4, 0.5) is 0 Å². The van der Waals surface area contributed by atoms with E-state index in [1.807, 2.05) is 31.2 Å². The molecule has 0 aromatic heterocycles. The average molecular weight is 381 g/mol. The van der Waals surface area contributed by atoms with Crippen LogP contribution in [-0.2, 0) is 20.9 Å². The summed E-state index contributed by atoms with van der Waals surface area (Å²) in [5.41, 5.74) is 0.953. The zero-order chi connectivity index (χ0) is 19.4. The minimum absolute atomic E-state index is 0.0304. The maximum atomic E-state index is 12.0. The molecule has 0 fully saturated rings. The van der Waals surface area contributed by atoms with E-state index >= 15 is 0 Å². The maximum absolute atomic E-state index is 12.0. The summed E-state index contributed by atoms with van der Waals surface area (Å²) in [6.45, 7) is 2.46. The number of hydrogen-bond acceptors (Lipinski definition) is 5. The molecular formula is C18H27N3O4S. The number of para-hydroxylation sites is 1. The van der Waals surface area contributed by atoms with Crippen LogP contribution < -0.4 is 20.7 Å². The van der Waals surface area contributed by atoms with Gasteiger partial charge in [0, 0.05) is 12.1 Å². The summed E-state index contributed by atoms with van der Waals surface area (Å²) in [5, 5.41) is 8.85. The molecule has 8 heteroatoms. The standard InChI is InChI=1S/C18H27N3O4S/c1-4-5-9-14(17(23)25-3)21-16(22)12-20-18(26)19-11-13-8-6-7-10-15(13)24-2/h6-8,10,14H,4-5,9,11-12H2,1-3H3,(H,21,22)(H2,19,20,26). The molecule has 0 spiro atoms. The van der Waals surface area contributed by atoms with Gasteiger partial charge in [-0.2, -0.15) is 0 Å². The van der Waals surface area contributed by atoms with Gasteiger partial charge in [0.1, 0.15) is 11.8 Å². The van der Waals surface area contributed by atoms with Gasteiger partial charge >= 0.3 is 5.97 Å². The fraction of sp³-hybridized carbons (Fsp3) is 0.500. The average Bonchev–Trinajstić information content (AvgIpc) is 2.67. The van der Waals surface area contributed by atoms with Crippen LogP contribution in [0.15, 0.2) is 24.3 Å². The summed E-state index contributed by atoms with van der Waals surface area (Å²) in [4.78, 5) is 23.7. The topological polar surface area (TPSA) is 88.7 Å². The van der Waals surface area contributed by atoms with Crippen molar-refractivity contribution in [3.05, 3.63) is 29.8 Å². The molecule has 3 N–H and O–H groups in total. The van der Waals surface area contributed by atoms with E-state index in [-0.39, 0.29) is 12.5 Å². The normalized spacial score (nSPS) is 11.2. The van der Waals surface area contributed by atoms with Crippen molar-refractivity contribution >= 4 is 29.2 Å². The molecule has 26 heavy (non-hydrogen) atoms. The first-order valence-corrected chi connectivity index (χ1v) is 8.93. The second kappa shape index (κ2) is 12.1. The number of carbonyl (C=O) groups is 2. The number of benzene rings is 1. The molecule has 144 valence electrons. The Kier molecular flexibility index (Phi) is 10.1. The van der Waals surface area contributed by atoms with Crippen LogP contribution in [0, 0.1) is 0 Å². The van der Waals surface area contributed by atoms with Gasteiger partial charge in [-0.3, -0.25) is 4.79 Å². The second-order valence-corrected chi connectivity index (χ2v) is 6.04. The minimum Gasteiger partial charge on any atom is -0.496 e. The first-order valence-electron chi connectivity index (χ1n) is 8.52. The van der Waals surface area contributed by atoms with Crippen molar-refractivity contribution in [2.45, 2.75) is 38.8 Å². The molecule has 0 aliphatic rings. The lowest BCUT2D eigenvalue weighted by molar-refractivity contribution is -0.145. The summed E-state index contributed by atoms with van der Waals surface area (Å²) >= 11 is 5.17. The van der Waals surface area contributed by atoms with Gasteiger partial charge in [-0.15, -0.1) is 0 Å². The highest BCUT2D eigenvalue weighted by atomic mass is 32.1.